The van der Waals surface area contributed by atoms with Crippen LogP contribution in [0.3, 0.4) is 0 Å². The Kier molecular flexibility index (Phi) is 5.92. The number of thioether (sulfide) groups is 1. The Hall–Kier alpha value is -2.79. The van der Waals surface area contributed by atoms with Crippen LogP contribution < -0.4 is 4.74 Å². The number of para-hydroxylation sites is 2. The van der Waals surface area contributed by atoms with Gasteiger partial charge in [-0.3, -0.25) is 9.69 Å². The Bertz CT molecular complexity index is 859. The van der Waals surface area contributed by atoms with E-state index in [-0.39, 0.29) is 5.91 Å². The molecule has 1 heterocycles. The number of ether oxygens (including phenoxy) is 1. The minimum Gasteiger partial charge on any atom is -0.489 e. The van der Waals surface area contributed by atoms with Crippen LogP contribution in [0.5, 0.6) is 5.75 Å². The van der Waals surface area contributed by atoms with Crippen molar-refractivity contribution in [3.63, 3.8) is 0 Å². The van der Waals surface area contributed by atoms with Crippen LogP contribution in [-0.4, -0.2) is 29.1 Å². The predicted molar refractivity (Wildman–Crippen MR) is 109 cm³/mol. The summed E-state index contributed by atoms with van der Waals surface area (Å²) in [5.74, 6) is 0.690. The quantitative estimate of drug-likeness (QED) is 0.542. The molecular formula is C21H20N2O2S. The zero-order valence-electron chi connectivity index (χ0n) is 14.6. The molecule has 5 heteroatoms. The lowest BCUT2D eigenvalue weighted by Crippen LogP contribution is -2.28. The van der Waals surface area contributed by atoms with Crippen molar-refractivity contribution in [2.75, 3.05) is 13.2 Å². The molecule has 0 unspecified atom stereocenters. The summed E-state index contributed by atoms with van der Waals surface area (Å²) in [5.41, 5.74) is 1.69. The first-order valence-corrected chi connectivity index (χ1v) is 9.22. The molecular weight excluding hydrogens is 344 g/mol. The molecule has 1 saturated heterocycles. The summed E-state index contributed by atoms with van der Waals surface area (Å²) < 4.78 is 5.68. The standard InChI is InChI=1S/C21H20N2O2S/c1-3-14-25-18-13-9-8-10-16(18)15-19-20(24)23(4-2)21(26-19)22-17-11-6-5-7-12-17/h3,5-13,15H,1,4,14H2,2H3/b19-15+,22-21?. The zero-order valence-corrected chi connectivity index (χ0v) is 15.4. The van der Waals surface area contributed by atoms with Gasteiger partial charge in [0.15, 0.2) is 5.17 Å². The second-order valence-electron chi connectivity index (χ2n) is 5.53. The zero-order chi connectivity index (χ0) is 18.4. The Labute approximate surface area is 157 Å². The summed E-state index contributed by atoms with van der Waals surface area (Å²) in [5, 5.41) is 0.694. The van der Waals surface area contributed by atoms with Crippen molar-refractivity contribution in [1.29, 1.82) is 0 Å². The number of amidine groups is 1. The van der Waals surface area contributed by atoms with Crippen LogP contribution >= 0.6 is 11.8 Å². The molecule has 3 rings (SSSR count). The molecule has 0 atom stereocenters. The summed E-state index contributed by atoms with van der Waals surface area (Å²) in [4.78, 5) is 19.7. The number of benzene rings is 2. The molecule has 1 fully saturated rings. The van der Waals surface area contributed by atoms with Gasteiger partial charge in [0.1, 0.15) is 12.4 Å². The lowest BCUT2D eigenvalue weighted by atomic mass is 10.2. The van der Waals surface area contributed by atoms with Gasteiger partial charge >= 0.3 is 0 Å². The van der Waals surface area contributed by atoms with Crippen LogP contribution in [0, 0.1) is 0 Å². The van der Waals surface area contributed by atoms with Gasteiger partial charge in [-0.1, -0.05) is 49.1 Å². The predicted octanol–water partition coefficient (Wildman–Crippen LogP) is 4.88. The third kappa shape index (κ3) is 4.06. The molecule has 2 aromatic rings. The molecule has 0 saturated carbocycles. The van der Waals surface area contributed by atoms with Gasteiger partial charge in [-0.2, -0.15) is 0 Å². The van der Waals surface area contributed by atoms with Gasteiger partial charge in [0.25, 0.3) is 5.91 Å². The van der Waals surface area contributed by atoms with Gasteiger partial charge in [-0.05, 0) is 43.0 Å². The first-order valence-electron chi connectivity index (χ1n) is 8.40. The summed E-state index contributed by atoms with van der Waals surface area (Å²) in [6.45, 7) is 6.61. The van der Waals surface area contributed by atoms with Crippen LogP contribution in [0.25, 0.3) is 6.08 Å². The molecule has 0 aliphatic carbocycles. The van der Waals surface area contributed by atoms with E-state index in [1.165, 1.54) is 11.8 Å². The fourth-order valence-electron chi connectivity index (χ4n) is 2.50. The normalized spacial score (nSPS) is 17.1. The molecule has 0 aromatic heterocycles. The van der Waals surface area contributed by atoms with E-state index in [9.17, 15) is 4.79 Å². The van der Waals surface area contributed by atoms with Gasteiger partial charge in [0.05, 0.1) is 10.6 Å². The van der Waals surface area contributed by atoms with Gasteiger partial charge in [0.2, 0.25) is 0 Å². The van der Waals surface area contributed by atoms with Crippen LogP contribution in [-0.2, 0) is 4.79 Å². The summed E-state index contributed by atoms with van der Waals surface area (Å²) in [6.07, 6.45) is 3.56. The number of nitrogens with zero attached hydrogens (tertiary/aromatic N) is 2. The first-order chi connectivity index (χ1) is 12.7. The average Bonchev–Trinajstić information content (AvgIpc) is 2.96. The van der Waals surface area contributed by atoms with Crippen molar-refractivity contribution in [1.82, 2.24) is 4.90 Å². The smallest absolute Gasteiger partial charge is 0.266 e. The van der Waals surface area contributed by atoms with E-state index in [0.717, 1.165) is 17.0 Å². The Balaban J connectivity index is 1.92. The van der Waals surface area contributed by atoms with E-state index >= 15 is 0 Å². The summed E-state index contributed by atoms with van der Waals surface area (Å²) in [6, 6.07) is 17.3. The van der Waals surface area contributed by atoms with Gasteiger partial charge in [-0.15, -0.1) is 0 Å². The molecule has 0 N–H and O–H groups in total. The molecule has 132 valence electrons. The minimum atomic E-state index is -0.0364. The van der Waals surface area contributed by atoms with Gasteiger partial charge in [-0.25, -0.2) is 4.99 Å². The largest absolute Gasteiger partial charge is 0.489 e. The first kappa shape index (κ1) is 18.0. The fourth-order valence-corrected chi connectivity index (χ4v) is 3.56. The van der Waals surface area contributed by atoms with E-state index in [1.807, 2.05) is 67.6 Å². The topological polar surface area (TPSA) is 41.9 Å². The lowest BCUT2D eigenvalue weighted by Gasteiger charge is -2.12. The molecule has 0 bridgehead atoms. The fraction of sp³-hybridized carbons (Fsp3) is 0.143. The SMILES string of the molecule is C=CCOc1ccccc1/C=C1/SC(=Nc2ccccc2)N(CC)C1=O. The molecule has 1 aliphatic heterocycles. The highest BCUT2D eigenvalue weighted by molar-refractivity contribution is 8.18. The van der Waals surface area contributed by atoms with Crippen LogP contribution in [0.2, 0.25) is 0 Å². The minimum absolute atomic E-state index is 0.0364. The Morgan fingerprint density at radius 2 is 1.88 bits per heavy atom. The molecule has 0 spiro atoms. The van der Waals surface area contributed by atoms with Crippen molar-refractivity contribution in [2.24, 2.45) is 4.99 Å². The maximum atomic E-state index is 12.8. The number of hydrogen-bond donors (Lipinski definition) is 0. The molecule has 1 amide bonds. The number of rotatable bonds is 6. The molecule has 0 radical (unpaired) electrons. The van der Waals surface area contributed by atoms with Crippen molar-refractivity contribution >= 4 is 34.6 Å². The third-order valence-corrected chi connectivity index (χ3v) is 4.75. The molecule has 26 heavy (non-hydrogen) atoms. The van der Waals surface area contributed by atoms with Crippen LogP contribution in [0.4, 0.5) is 5.69 Å². The van der Waals surface area contributed by atoms with E-state index in [4.69, 9.17) is 4.74 Å². The Morgan fingerprint density at radius 1 is 1.15 bits per heavy atom. The number of likely N-dealkylation sites (N-methyl/N-ethyl adjacent to an activating group) is 1. The van der Waals surface area contributed by atoms with E-state index < -0.39 is 0 Å². The van der Waals surface area contributed by atoms with Crippen molar-refractivity contribution in [2.45, 2.75) is 6.92 Å². The van der Waals surface area contributed by atoms with E-state index in [1.54, 1.807) is 11.0 Å². The second-order valence-corrected chi connectivity index (χ2v) is 6.54. The number of aliphatic imine (C=N–C) groups is 1. The van der Waals surface area contributed by atoms with Gasteiger partial charge < -0.3 is 4.74 Å². The van der Waals surface area contributed by atoms with Crippen LogP contribution in [0.15, 0.2) is 77.1 Å². The van der Waals surface area contributed by atoms with Crippen molar-refractivity contribution < 1.29 is 9.53 Å². The molecule has 4 nitrogen and oxygen atoms in total. The monoisotopic (exact) mass is 364 g/mol. The third-order valence-electron chi connectivity index (χ3n) is 3.75. The molecule has 2 aromatic carbocycles. The summed E-state index contributed by atoms with van der Waals surface area (Å²) >= 11 is 1.39. The van der Waals surface area contributed by atoms with Crippen LogP contribution in [0.1, 0.15) is 12.5 Å². The molecule has 1 aliphatic rings. The number of carbonyl (C=O) groups excluding carboxylic acids is 1. The van der Waals surface area contributed by atoms with Crippen molar-refractivity contribution in [3.05, 3.63) is 77.7 Å². The lowest BCUT2D eigenvalue weighted by molar-refractivity contribution is -0.122. The number of carbonyl (C=O) groups is 1. The van der Waals surface area contributed by atoms with E-state index in [2.05, 4.69) is 11.6 Å². The van der Waals surface area contributed by atoms with Gasteiger partial charge in [0, 0.05) is 12.1 Å². The second kappa shape index (κ2) is 8.54. The highest BCUT2D eigenvalue weighted by Gasteiger charge is 2.32. The van der Waals surface area contributed by atoms with E-state index in [0.29, 0.717) is 23.2 Å². The van der Waals surface area contributed by atoms with Crippen molar-refractivity contribution in [3.8, 4) is 5.75 Å². The number of hydrogen-bond acceptors (Lipinski definition) is 4. The Morgan fingerprint density at radius 3 is 2.62 bits per heavy atom. The summed E-state index contributed by atoms with van der Waals surface area (Å²) in [7, 11) is 0. The highest BCUT2D eigenvalue weighted by atomic mass is 32.2. The maximum absolute atomic E-state index is 12.8. The highest BCUT2D eigenvalue weighted by Crippen LogP contribution is 2.35. The maximum Gasteiger partial charge on any atom is 0.266 e. The number of amides is 1. The average molecular weight is 364 g/mol.